The minimum Gasteiger partial charge on any atom is -0.356 e. The zero-order valence-corrected chi connectivity index (χ0v) is 9.44. The Hall–Kier alpha value is -0.190. The minimum atomic E-state index is 0.456. The molecule has 0 saturated carbocycles. The highest BCUT2D eigenvalue weighted by atomic mass is 35.5. The van der Waals surface area contributed by atoms with E-state index in [2.05, 4.69) is 17.5 Å². The van der Waals surface area contributed by atoms with Gasteiger partial charge in [0, 0.05) is 6.20 Å². The zero-order chi connectivity index (χ0) is 9.68. The summed E-state index contributed by atoms with van der Waals surface area (Å²) in [7, 11) is 0.456. The van der Waals surface area contributed by atoms with E-state index < -0.39 is 0 Å². The number of nitrogens with zero attached hydrogens (tertiary/aromatic N) is 2. The molecule has 3 nitrogen and oxygen atoms in total. The molecule has 1 rings (SSSR count). The van der Waals surface area contributed by atoms with E-state index in [1.165, 1.54) is 0 Å². The number of ether oxygens (including phenoxy) is 1. The van der Waals surface area contributed by atoms with Gasteiger partial charge in [0.1, 0.15) is 17.6 Å². The van der Waals surface area contributed by atoms with Gasteiger partial charge in [0.25, 0.3) is 0 Å². The van der Waals surface area contributed by atoms with Crippen LogP contribution in [0.3, 0.4) is 0 Å². The molecule has 0 unspecified atom stereocenters. The largest absolute Gasteiger partial charge is 0.356 e. The molecule has 0 N–H and O–H groups in total. The SMILES string of the molecule is C[S+](C)CCOCn1cnc(Cl)c1. The lowest BCUT2D eigenvalue weighted by molar-refractivity contribution is 0.0896. The molecule has 0 aromatic carbocycles. The second kappa shape index (κ2) is 5.52. The van der Waals surface area contributed by atoms with Crippen LogP contribution in [-0.4, -0.2) is 34.4 Å². The van der Waals surface area contributed by atoms with Gasteiger partial charge in [-0.1, -0.05) is 11.6 Å². The maximum Gasteiger partial charge on any atom is 0.147 e. The summed E-state index contributed by atoms with van der Waals surface area (Å²) in [6.45, 7) is 1.34. The first-order valence-electron chi connectivity index (χ1n) is 3.97. The van der Waals surface area contributed by atoms with Gasteiger partial charge in [-0.25, -0.2) is 4.98 Å². The highest BCUT2D eigenvalue weighted by Gasteiger charge is 2.01. The lowest BCUT2D eigenvalue weighted by Gasteiger charge is -2.02. The first kappa shape index (κ1) is 10.9. The van der Waals surface area contributed by atoms with Crippen LogP contribution in [0.15, 0.2) is 12.5 Å². The molecule has 1 heterocycles. The quantitative estimate of drug-likeness (QED) is 0.555. The summed E-state index contributed by atoms with van der Waals surface area (Å²) in [6, 6.07) is 0. The Balaban J connectivity index is 2.13. The smallest absolute Gasteiger partial charge is 0.147 e. The normalized spacial score (nSPS) is 11.1. The van der Waals surface area contributed by atoms with Crippen molar-refractivity contribution in [1.29, 1.82) is 0 Å². The van der Waals surface area contributed by atoms with Crippen molar-refractivity contribution in [1.82, 2.24) is 9.55 Å². The van der Waals surface area contributed by atoms with Crippen molar-refractivity contribution in [2.24, 2.45) is 0 Å². The van der Waals surface area contributed by atoms with Crippen LogP contribution >= 0.6 is 11.6 Å². The maximum absolute atomic E-state index is 5.64. The van der Waals surface area contributed by atoms with Gasteiger partial charge in [0.2, 0.25) is 0 Å². The van der Waals surface area contributed by atoms with Crippen molar-refractivity contribution in [3.05, 3.63) is 17.7 Å². The summed E-state index contributed by atoms with van der Waals surface area (Å²) in [5.74, 6) is 1.11. The van der Waals surface area contributed by atoms with Gasteiger partial charge in [-0.05, 0) is 10.9 Å². The van der Waals surface area contributed by atoms with Gasteiger partial charge in [-0.3, -0.25) is 0 Å². The van der Waals surface area contributed by atoms with E-state index in [1.54, 1.807) is 12.5 Å². The second-order valence-electron chi connectivity index (χ2n) is 2.94. The maximum atomic E-state index is 5.64. The zero-order valence-electron chi connectivity index (χ0n) is 7.86. The standard InChI is InChI=1S/C8H14ClN2OS/c1-13(2)4-3-12-7-11-5-8(9)10-6-11/h5-6H,3-4,7H2,1-2H3/q+1. The molecule has 0 aliphatic heterocycles. The predicted octanol–water partition coefficient (Wildman–Crippen LogP) is 1.39. The van der Waals surface area contributed by atoms with Crippen molar-refractivity contribution in [2.75, 3.05) is 24.9 Å². The van der Waals surface area contributed by atoms with E-state index in [9.17, 15) is 0 Å². The van der Waals surface area contributed by atoms with Crippen LogP contribution < -0.4 is 0 Å². The fraction of sp³-hybridized carbons (Fsp3) is 0.625. The summed E-state index contributed by atoms with van der Waals surface area (Å²) in [5, 5.41) is 0.509. The average Bonchev–Trinajstić information content (AvgIpc) is 2.45. The Bertz CT molecular complexity index is 252. The van der Waals surface area contributed by atoms with Gasteiger partial charge < -0.3 is 9.30 Å². The molecule has 1 aromatic heterocycles. The van der Waals surface area contributed by atoms with Crippen molar-refractivity contribution < 1.29 is 4.74 Å². The summed E-state index contributed by atoms with van der Waals surface area (Å²) in [6.07, 6.45) is 7.83. The van der Waals surface area contributed by atoms with Crippen LogP contribution in [0.4, 0.5) is 0 Å². The lowest BCUT2D eigenvalue weighted by Crippen LogP contribution is -2.10. The third-order valence-corrected chi connectivity index (χ3v) is 2.66. The summed E-state index contributed by atoms with van der Waals surface area (Å²) in [5.41, 5.74) is 0. The van der Waals surface area contributed by atoms with Crippen molar-refractivity contribution in [3.63, 3.8) is 0 Å². The van der Waals surface area contributed by atoms with E-state index in [0.29, 0.717) is 22.8 Å². The van der Waals surface area contributed by atoms with Gasteiger partial charge >= 0.3 is 0 Å². The molecule has 13 heavy (non-hydrogen) atoms. The van der Waals surface area contributed by atoms with E-state index in [1.807, 2.05) is 4.57 Å². The van der Waals surface area contributed by atoms with Crippen LogP contribution in [0.25, 0.3) is 0 Å². The molecular weight excluding hydrogens is 208 g/mol. The molecule has 0 radical (unpaired) electrons. The second-order valence-corrected chi connectivity index (χ2v) is 5.70. The van der Waals surface area contributed by atoms with Crippen LogP contribution in [0.1, 0.15) is 0 Å². The van der Waals surface area contributed by atoms with Crippen LogP contribution in [0, 0.1) is 0 Å². The Morgan fingerprint density at radius 3 is 2.92 bits per heavy atom. The molecule has 74 valence electrons. The Morgan fingerprint density at radius 2 is 2.38 bits per heavy atom. The van der Waals surface area contributed by atoms with Crippen molar-refractivity contribution in [3.8, 4) is 0 Å². The number of aromatic nitrogens is 2. The fourth-order valence-electron chi connectivity index (χ4n) is 0.799. The number of hydrogen-bond donors (Lipinski definition) is 0. The monoisotopic (exact) mass is 221 g/mol. The number of hydrogen-bond acceptors (Lipinski definition) is 2. The Labute approximate surface area is 86.4 Å². The molecule has 1 aromatic rings. The number of imidazole rings is 1. The van der Waals surface area contributed by atoms with Gasteiger partial charge in [-0.2, -0.15) is 0 Å². The molecule has 0 saturated heterocycles. The molecule has 0 atom stereocenters. The van der Waals surface area contributed by atoms with Crippen molar-refractivity contribution in [2.45, 2.75) is 6.73 Å². The molecule has 0 aliphatic carbocycles. The van der Waals surface area contributed by atoms with E-state index in [-0.39, 0.29) is 0 Å². The predicted molar refractivity (Wildman–Crippen MR) is 57.3 cm³/mol. The molecule has 0 amide bonds. The summed E-state index contributed by atoms with van der Waals surface area (Å²) >= 11 is 5.64. The molecule has 0 bridgehead atoms. The van der Waals surface area contributed by atoms with Crippen LogP contribution in [-0.2, 0) is 22.4 Å². The van der Waals surface area contributed by atoms with Crippen LogP contribution in [0.2, 0.25) is 5.15 Å². The van der Waals surface area contributed by atoms with Gasteiger partial charge in [0.15, 0.2) is 0 Å². The molecular formula is C8H14ClN2OS+. The van der Waals surface area contributed by atoms with Crippen LogP contribution in [0.5, 0.6) is 0 Å². The number of halogens is 1. The first-order valence-corrected chi connectivity index (χ1v) is 6.56. The fourth-order valence-corrected chi connectivity index (χ4v) is 1.42. The molecule has 5 heteroatoms. The summed E-state index contributed by atoms with van der Waals surface area (Å²) < 4.78 is 7.24. The molecule has 0 spiro atoms. The number of rotatable bonds is 5. The van der Waals surface area contributed by atoms with Gasteiger partial charge in [0.05, 0.1) is 25.4 Å². The highest BCUT2D eigenvalue weighted by molar-refractivity contribution is 7.95. The van der Waals surface area contributed by atoms with Gasteiger partial charge in [-0.15, -0.1) is 0 Å². The third-order valence-electron chi connectivity index (χ3n) is 1.48. The average molecular weight is 222 g/mol. The topological polar surface area (TPSA) is 27.1 Å². The lowest BCUT2D eigenvalue weighted by atomic mass is 10.8. The summed E-state index contributed by atoms with van der Waals surface area (Å²) in [4.78, 5) is 3.88. The van der Waals surface area contributed by atoms with E-state index in [4.69, 9.17) is 16.3 Å². The van der Waals surface area contributed by atoms with Crippen molar-refractivity contribution >= 4 is 22.5 Å². The van der Waals surface area contributed by atoms with E-state index in [0.717, 1.165) is 12.4 Å². The first-order chi connectivity index (χ1) is 6.18. The minimum absolute atomic E-state index is 0.456. The highest BCUT2D eigenvalue weighted by Crippen LogP contribution is 2.02. The molecule has 0 fully saturated rings. The Kier molecular flexibility index (Phi) is 4.62. The van der Waals surface area contributed by atoms with E-state index >= 15 is 0 Å². The Morgan fingerprint density at radius 1 is 1.62 bits per heavy atom. The molecule has 0 aliphatic rings. The third kappa shape index (κ3) is 4.55.